The molecule has 31 heavy (non-hydrogen) atoms. The fourth-order valence-corrected chi connectivity index (χ4v) is 4.41. The highest BCUT2D eigenvalue weighted by Gasteiger charge is 2.11. The van der Waals surface area contributed by atoms with Gasteiger partial charge in [-0.05, 0) is 84.4 Å². The lowest BCUT2D eigenvalue weighted by Gasteiger charge is -2.10. The van der Waals surface area contributed by atoms with Gasteiger partial charge in [-0.25, -0.2) is 5.43 Å². The Morgan fingerprint density at radius 2 is 1.90 bits per heavy atom. The standard InChI is InChI=1S/C23H20BrN3O3S/c1-15-3-4-16(2)27(15)18-5-7-19(8-6-18)29-13-20-9-10-22(30-20)23(28)26-25-12-21-11-17(24)14-31-21/h3-12,14H,13H2,1-2H3,(H,26,28)/b25-12+. The molecular formula is C23H20BrN3O3S. The number of ether oxygens (including phenoxy) is 1. The molecule has 1 N–H and O–H groups in total. The molecule has 0 bridgehead atoms. The molecule has 1 aromatic carbocycles. The van der Waals surface area contributed by atoms with Crippen LogP contribution in [0.25, 0.3) is 5.69 Å². The fourth-order valence-electron chi connectivity index (χ4n) is 3.10. The van der Waals surface area contributed by atoms with Gasteiger partial charge in [0.25, 0.3) is 0 Å². The van der Waals surface area contributed by atoms with Crippen molar-refractivity contribution in [3.05, 3.63) is 92.2 Å². The van der Waals surface area contributed by atoms with Crippen molar-refractivity contribution >= 4 is 39.4 Å². The largest absolute Gasteiger partial charge is 0.486 e. The average Bonchev–Trinajstić information content (AvgIpc) is 3.48. The number of carbonyl (C=O) groups is 1. The van der Waals surface area contributed by atoms with E-state index in [9.17, 15) is 4.79 Å². The van der Waals surface area contributed by atoms with Crippen LogP contribution in [-0.2, 0) is 6.61 Å². The molecule has 4 aromatic rings. The number of hydrogen-bond donors (Lipinski definition) is 1. The number of furan rings is 1. The van der Waals surface area contributed by atoms with Crippen LogP contribution in [0.5, 0.6) is 5.75 Å². The minimum atomic E-state index is -0.417. The van der Waals surface area contributed by atoms with Crippen LogP contribution in [-0.4, -0.2) is 16.7 Å². The van der Waals surface area contributed by atoms with Crippen molar-refractivity contribution in [3.8, 4) is 11.4 Å². The lowest BCUT2D eigenvalue weighted by molar-refractivity contribution is 0.0923. The second-order valence-corrected chi connectivity index (χ2v) is 8.72. The van der Waals surface area contributed by atoms with Crippen molar-refractivity contribution in [2.45, 2.75) is 20.5 Å². The van der Waals surface area contributed by atoms with Gasteiger partial charge in [-0.1, -0.05) is 0 Å². The molecule has 0 saturated heterocycles. The van der Waals surface area contributed by atoms with Gasteiger partial charge in [0.15, 0.2) is 5.76 Å². The average molecular weight is 498 g/mol. The van der Waals surface area contributed by atoms with Gasteiger partial charge in [-0.3, -0.25) is 4.79 Å². The van der Waals surface area contributed by atoms with Crippen LogP contribution >= 0.6 is 27.3 Å². The fraction of sp³-hybridized carbons (Fsp3) is 0.130. The van der Waals surface area contributed by atoms with Gasteiger partial charge in [-0.2, -0.15) is 5.10 Å². The first-order valence-electron chi connectivity index (χ1n) is 9.54. The summed E-state index contributed by atoms with van der Waals surface area (Å²) in [6, 6.07) is 17.3. The number of nitrogens with zero attached hydrogens (tertiary/aromatic N) is 2. The zero-order valence-electron chi connectivity index (χ0n) is 17.0. The summed E-state index contributed by atoms with van der Waals surface area (Å²) in [5.41, 5.74) is 5.90. The summed E-state index contributed by atoms with van der Waals surface area (Å²) < 4.78 is 14.5. The highest BCUT2D eigenvalue weighted by atomic mass is 79.9. The number of carbonyl (C=O) groups excluding carboxylic acids is 1. The summed E-state index contributed by atoms with van der Waals surface area (Å²) in [5, 5.41) is 5.89. The molecule has 1 amide bonds. The van der Waals surface area contributed by atoms with Crippen LogP contribution in [0, 0.1) is 13.8 Å². The topological polar surface area (TPSA) is 68.8 Å². The van der Waals surface area contributed by atoms with Gasteiger partial charge in [0.2, 0.25) is 0 Å². The molecule has 6 nitrogen and oxygen atoms in total. The molecule has 0 unspecified atom stereocenters. The monoisotopic (exact) mass is 497 g/mol. The van der Waals surface area contributed by atoms with Crippen molar-refractivity contribution < 1.29 is 13.9 Å². The Balaban J connectivity index is 1.32. The van der Waals surface area contributed by atoms with Gasteiger partial charge >= 0.3 is 5.91 Å². The lowest BCUT2D eigenvalue weighted by Crippen LogP contribution is -2.16. The van der Waals surface area contributed by atoms with Crippen LogP contribution in [0.3, 0.4) is 0 Å². The number of hydrazone groups is 1. The zero-order valence-corrected chi connectivity index (χ0v) is 19.4. The Kier molecular flexibility index (Phi) is 6.39. The maximum Gasteiger partial charge on any atom is 0.307 e. The Bertz CT molecular complexity index is 1200. The molecule has 0 aliphatic heterocycles. The molecular weight excluding hydrogens is 478 g/mol. The minimum Gasteiger partial charge on any atom is -0.486 e. The summed E-state index contributed by atoms with van der Waals surface area (Å²) in [4.78, 5) is 13.1. The smallest absolute Gasteiger partial charge is 0.307 e. The maximum absolute atomic E-state index is 12.2. The number of amides is 1. The summed E-state index contributed by atoms with van der Waals surface area (Å²) >= 11 is 4.89. The van der Waals surface area contributed by atoms with Crippen LogP contribution < -0.4 is 10.2 Å². The number of halogens is 1. The second-order valence-electron chi connectivity index (χ2n) is 6.87. The van der Waals surface area contributed by atoms with Crippen LogP contribution in [0.4, 0.5) is 0 Å². The van der Waals surface area contributed by atoms with Crippen molar-refractivity contribution in [3.63, 3.8) is 0 Å². The second kappa shape index (κ2) is 9.36. The molecule has 0 radical (unpaired) electrons. The molecule has 0 fully saturated rings. The first-order chi connectivity index (χ1) is 15.0. The number of rotatable bonds is 7. The molecule has 4 rings (SSSR count). The molecule has 0 spiro atoms. The molecule has 0 aliphatic rings. The molecule has 3 heterocycles. The van der Waals surface area contributed by atoms with E-state index in [0.717, 1.165) is 20.8 Å². The molecule has 158 valence electrons. The van der Waals surface area contributed by atoms with E-state index < -0.39 is 5.91 Å². The highest BCUT2D eigenvalue weighted by molar-refractivity contribution is 9.10. The first-order valence-corrected chi connectivity index (χ1v) is 11.2. The third-order valence-corrected chi connectivity index (χ3v) is 6.21. The third-order valence-electron chi connectivity index (χ3n) is 4.58. The van der Waals surface area contributed by atoms with Crippen LogP contribution in [0.1, 0.15) is 32.6 Å². The highest BCUT2D eigenvalue weighted by Crippen LogP contribution is 2.21. The number of benzene rings is 1. The van der Waals surface area contributed by atoms with Gasteiger partial charge in [0, 0.05) is 31.8 Å². The van der Waals surface area contributed by atoms with E-state index in [0.29, 0.717) is 5.76 Å². The molecule has 0 saturated carbocycles. The van der Waals surface area contributed by atoms with Crippen molar-refractivity contribution in [1.29, 1.82) is 0 Å². The van der Waals surface area contributed by atoms with E-state index in [1.165, 1.54) is 22.7 Å². The minimum absolute atomic E-state index is 0.178. The number of hydrogen-bond acceptors (Lipinski definition) is 5. The predicted molar refractivity (Wildman–Crippen MR) is 125 cm³/mol. The Morgan fingerprint density at radius 3 is 2.58 bits per heavy atom. The lowest BCUT2D eigenvalue weighted by atomic mass is 10.3. The number of nitrogens with one attached hydrogen (secondary N) is 1. The van der Waals surface area contributed by atoms with E-state index >= 15 is 0 Å². The van der Waals surface area contributed by atoms with Crippen molar-refractivity contribution in [1.82, 2.24) is 9.99 Å². The molecule has 0 aliphatic carbocycles. The van der Waals surface area contributed by atoms with E-state index in [1.807, 2.05) is 35.7 Å². The summed E-state index contributed by atoms with van der Waals surface area (Å²) in [5.74, 6) is 1.04. The summed E-state index contributed by atoms with van der Waals surface area (Å²) in [6.07, 6.45) is 1.58. The normalized spacial score (nSPS) is 11.2. The molecule has 3 aromatic heterocycles. The predicted octanol–water partition coefficient (Wildman–Crippen LogP) is 5.85. The summed E-state index contributed by atoms with van der Waals surface area (Å²) in [6.45, 7) is 4.38. The third kappa shape index (κ3) is 5.15. The van der Waals surface area contributed by atoms with Crippen LogP contribution in [0.2, 0.25) is 0 Å². The van der Waals surface area contributed by atoms with Crippen LogP contribution in [0.15, 0.2) is 74.0 Å². The molecule has 8 heteroatoms. The van der Waals surface area contributed by atoms with E-state index in [4.69, 9.17) is 9.15 Å². The Hall–Kier alpha value is -3.10. The quantitative estimate of drug-likeness (QED) is 0.257. The summed E-state index contributed by atoms with van der Waals surface area (Å²) in [7, 11) is 0. The van der Waals surface area contributed by atoms with Gasteiger partial charge < -0.3 is 13.7 Å². The van der Waals surface area contributed by atoms with Gasteiger partial charge in [-0.15, -0.1) is 11.3 Å². The Morgan fingerprint density at radius 1 is 1.16 bits per heavy atom. The van der Waals surface area contributed by atoms with Crippen molar-refractivity contribution in [2.24, 2.45) is 5.10 Å². The molecule has 0 atom stereocenters. The SMILES string of the molecule is Cc1ccc(C)n1-c1ccc(OCc2ccc(C(=O)N/N=C/c3cc(Br)cs3)o2)cc1. The van der Waals surface area contributed by atoms with Crippen molar-refractivity contribution in [2.75, 3.05) is 0 Å². The number of aryl methyl sites for hydroxylation is 2. The first kappa shape index (κ1) is 21.1. The Labute approximate surface area is 192 Å². The maximum atomic E-state index is 12.2. The van der Waals surface area contributed by atoms with E-state index in [1.54, 1.807) is 18.3 Å². The van der Waals surface area contributed by atoms with Gasteiger partial charge in [0.1, 0.15) is 18.1 Å². The van der Waals surface area contributed by atoms with E-state index in [-0.39, 0.29) is 12.4 Å². The zero-order chi connectivity index (χ0) is 21.8. The number of aromatic nitrogens is 1. The number of thiophene rings is 1. The van der Waals surface area contributed by atoms with E-state index in [2.05, 4.69) is 57.0 Å². The van der Waals surface area contributed by atoms with Gasteiger partial charge in [0.05, 0.1) is 6.21 Å².